The number of nitro benzene ring substituents is 1. The first-order valence-corrected chi connectivity index (χ1v) is 8.76. The molecular weight excluding hydrogens is 410 g/mol. The summed E-state index contributed by atoms with van der Waals surface area (Å²) in [5.41, 5.74) is -0.492. The number of amides is 4. The van der Waals surface area contributed by atoms with Crippen molar-refractivity contribution in [2.24, 2.45) is 0 Å². The molecule has 2 aromatic carbocycles. The zero-order valence-electron chi connectivity index (χ0n) is 16.7. The molecule has 11 nitrogen and oxygen atoms in total. The van der Waals surface area contributed by atoms with Crippen molar-refractivity contribution < 1.29 is 33.5 Å². The molecule has 2 aromatic rings. The highest BCUT2D eigenvalue weighted by Gasteiger charge is 2.38. The molecule has 0 aromatic heterocycles. The van der Waals surface area contributed by atoms with Crippen LogP contribution in [0.1, 0.15) is 5.56 Å². The Morgan fingerprint density at radius 1 is 0.968 bits per heavy atom. The number of urea groups is 1. The highest BCUT2D eigenvalue weighted by Crippen LogP contribution is 2.35. The Morgan fingerprint density at radius 2 is 1.65 bits per heavy atom. The van der Waals surface area contributed by atoms with Crippen LogP contribution in [-0.2, 0) is 9.59 Å². The zero-order chi connectivity index (χ0) is 22.7. The van der Waals surface area contributed by atoms with Crippen LogP contribution >= 0.6 is 0 Å². The quantitative estimate of drug-likeness (QED) is 0.321. The first-order chi connectivity index (χ1) is 14.8. The Bertz CT molecular complexity index is 1130. The zero-order valence-corrected chi connectivity index (χ0v) is 16.7. The molecule has 11 heteroatoms. The summed E-state index contributed by atoms with van der Waals surface area (Å²) in [6, 6.07) is 7.44. The summed E-state index contributed by atoms with van der Waals surface area (Å²) in [6.07, 6.45) is 1.15. The van der Waals surface area contributed by atoms with Crippen LogP contribution in [-0.4, -0.2) is 44.1 Å². The second-order valence-electron chi connectivity index (χ2n) is 6.18. The second-order valence-corrected chi connectivity index (χ2v) is 6.18. The Hall–Kier alpha value is -4.41. The molecule has 1 fully saturated rings. The van der Waals surface area contributed by atoms with Crippen LogP contribution in [0.2, 0.25) is 0 Å². The molecule has 0 spiro atoms. The van der Waals surface area contributed by atoms with Gasteiger partial charge in [0.25, 0.3) is 11.8 Å². The van der Waals surface area contributed by atoms with Crippen molar-refractivity contribution in [3.63, 3.8) is 0 Å². The molecule has 0 unspecified atom stereocenters. The van der Waals surface area contributed by atoms with Crippen LogP contribution in [0, 0.1) is 10.1 Å². The molecule has 1 saturated heterocycles. The molecule has 4 amide bonds. The maximum Gasteiger partial charge on any atom is 0.336 e. The minimum atomic E-state index is -0.973. The number of nitro groups is 1. The van der Waals surface area contributed by atoms with Gasteiger partial charge in [-0.05, 0) is 29.8 Å². The van der Waals surface area contributed by atoms with Gasteiger partial charge in [0.1, 0.15) is 17.1 Å². The summed E-state index contributed by atoms with van der Waals surface area (Å²) >= 11 is 0. The fourth-order valence-electron chi connectivity index (χ4n) is 2.95. The van der Waals surface area contributed by atoms with Gasteiger partial charge in [-0.1, -0.05) is 6.07 Å². The van der Waals surface area contributed by atoms with Gasteiger partial charge < -0.3 is 14.2 Å². The number of barbiturate groups is 1. The van der Waals surface area contributed by atoms with Crippen molar-refractivity contribution in [1.82, 2.24) is 5.32 Å². The summed E-state index contributed by atoms with van der Waals surface area (Å²) in [6.45, 7) is 0. The van der Waals surface area contributed by atoms with Crippen LogP contribution in [0.5, 0.6) is 17.2 Å². The Kier molecular flexibility index (Phi) is 5.86. The van der Waals surface area contributed by atoms with E-state index in [1.165, 1.54) is 45.6 Å². The predicted molar refractivity (Wildman–Crippen MR) is 108 cm³/mol. The summed E-state index contributed by atoms with van der Waals surface area (Å²) in [4.78, 5) is 49.2. The normalized spacial score (nSPS) is 15.0. The van der Waals surface area contributed by atoms with E-state index < -0.39 is 28.3 Å². The monoisotopic (exact) mass is 427 g/mol. The van der Waals surface area contributed by atoms with Crippen LogP contribution < -0.4 is 24.4 Å². The molecule has 31 heavy (non-hydrogen) atoms. The lowest BCUT2D eigenvalue weighted by atomic mass is 10.1. The van der Waals surface area contributed by atoms with Gasteiger partial charge in [0.2, 0.25) is 0 Å². The first-order valence-electron chi connectivity index (χ1n) is 8.76. The van der Waals surface area contributed by atoms with Gasteiger partial charge >= 0.3 is 11.7 Å². The molecule has 0 radical (unpaired) electrons. The average Bonchev–Trinajstić information content (AvgIpc) is 2.76. The largest absolute Gasteiger partial charge is 0.497 e. The lowest BCUT2D eigenvalue weighted by Gasteiger charge is -2.27. The maximum atomic E-state index is 13.1. The van der Waals surface area contributed by atoms with Gasteiger partial charge in [-0.25, -0.2) is 9.69 Å². The fraction of sp³-hybridized carbons (Fsp3) is 0.150. The van der Waals surface area contributed by atoms with Crippen LogP contribution in [0.15, 0.2) is 42.0 Å². The summed E-state index contributed by atoms with van der Waals surface area (Å²) in [5, 5.41) is 13.3. The third kappa shape index (κ3) is 4.01. The summed E-state index contributed by atoms with van der Waals surface area (Å²) < 4.78 is 15.3. The molecule has 0 saturated carbocycles. The third-order valence-electron chi connectivity index (χ3n) is 4.44. The van der Waals surface area contributed by atoms with Crippen LogP contribution in [0.25, 0.3) is 6.08 Å². The predicted octanol–water partition coefficient (Wildman–Crippen LogP) is 2.29. The third-order valence-corrected chi connectivity index (χ3v) is 4.44. The topological polar surface area (TPSA) is 137 Å². The van der Waals surface area contributed by atoms with Gasteiger partial charge in [-0.2, -0.15) is 0 Å². The Labute approximate surface area is 176 Å². The standard InChI is InChI=1S/C20H17N3O8/c1-29-12-5-7-16(30-2)14(10-12)22-19(25)13(18(24)21-20(22)26)8-11-4-6-17(31-3)15(9-11)23(27)28/h4-10H,1-3H3,(H,21,24,26). The molecule has 1 aliphatic rings. The number of anilines is 1. The number of benzene rings is 2. The van der Waals surface area contributed by atoms with Crippen molar-refractivity contribution in [1.29, 1.82) is 0 Å². The molecular formula is C20H17N3O8. The molecule has 0 aliphatic carbocycles. The molecule has 1 heterocycles. The number of methoxy groups -OCH3 is 3. The highest BCUT2D eigenvalue weighted by molar-refractivity contribution is 6.39. The minimum absolute atomic E-state index is 0.0180. The van der Waals surface area contributed by atoms with Crippen LogP contribution in [0.4, 0.5) is 16.2 Å². The summed E-state index contributed by atoms with van der Waals surface area (Å²) in [7, 11) is 4.05. The van der Waals surface area contributed by atoms with E-state index in [4.69, 9.17) is 14.2 Å². The van der Waals surface area contributed by atoms with E-state index in [0.29, 0.717) is 5.75 Å². The van der Waals surface area contributed by atoms with E-state index in [9.17, 15) is 24.5 Å². The SMILES string of the molecule is COc1ccc(OC)c(N2C(=O)NC(=O)C(=Cc3ccc(OC)c([N+](=O)[O-])c3)C2=O)c1. The molecule has 160 valence electrons. The summed E-state index contributed by atoms with van der Waals surface area (Å²) in [5.74, 6) is -1.31. The molecule has 1 aliphatic heterocycles. The molecule has 3 rings (SSSR count). The molecule has 0 bridgehead atoms. The number of nitrogens with zero attached hydrogens (tertiary/aromatic N) is 2. The number of carbonyl (C=O) groups excluding carboxylic acids is 3. The Balaban J connectivity index is 2.09. The second kappa shape index (κ2) is 8.53. The number of imide groups is 2. The maximum absolute atomic E-state index is 13.1. The first kappa shape index (κ1) is 21.3. The number of carbonyl (C=O) groups is 3. The van der Waals surface area contributed by atoms with Crippen LogP contribution in [0.3, 0.4) is 0 Å². The van der Waals surface area contributed by atoms with E-state index >= 15 is 0 Å². The molecule has 0 atom stereocenters. The van der Waals surface area contributed by atoms with Crippen molar-refractivity contribution in [2.75, 3.05) is 26.2 Å². The lowest BCUT2D eigenvalue weighted by Crippen LogP contribution is -2.54. The van der Waals surface area contributed by atoms with Crippen molar-refractivity contribution in [3.05, 3.63) is 57.6 Å². The van der Waals surface area contributed by atoms with Gasteiger partial charge in [0.15, 0.2) is 5.75 Å². The van der Waals surface area contributed by atoms with E-state index in [1.807, 2.05) is 0 Å². The number of rotatable bonds is 6. The number of ether oxygens (including phenoxy) is 3. The van der Waals surface area contributed by atoms with E-state index in [-0.39, 0.29) is 28.4 Å². The van der Waals surface area contributed by atoms with Gasteiger partial charge in [0.05, 0.1) is 31.9 Å². The highest BCUT2D eigenvalue weighted by atomic mass is 16.6. The number of nitrogens with one attached hydrogen (secondary N) is 1. The smallest absolute Gasteiger partial charge is 0.336 e. The lowest BCUT2D eigenvalue weighted by molar-refractivity contribution is -0.385. The van der Waals surface area contributed by atoms with E-state index in [2.05, 4.69) is 5.32 Å². The number of hydrogen-bond donors (Lipinski definition) is 1. The molecule has 1 N–H and O–H groups in total. The number of hydrogen-bond acceptors (Lipinski definition) is 8. The van der Waals surface area contributed by atoms with E-state index in [1.54, 1.807) is 6.07 Å². The van der Waals surface area contributed by atoms with Gasteiger partial charge in [-0.15, -0.1) is 0 Å². The van der Waals surface area contributed by atoms with Gasteiger partial charge in [0, 0.05) is 12.1 Å². The van der Waals surface area contributed by atoms with Crippen molar-refractivity contribution in [3.8, 4) is 17.2 Å². The fourth-order valence-corrected chi connectivity index (χ4v) is 2.95. The van der Waals surface area contributed by atoms with Gasteiger partial charge in [-0.3, -0.25) is 25.0 Å². The average molecular weight is 427 g/mol. The minimum Gasteiger partial charge on any atom is -0.497 e. The van der Waals surface area contributed by atoms with Crippen molar-refractivity contribution in [2.45, 2.75) is 0 Å². The van der Waals surface area contributed by atoms with E-state index in [0.717, 1.165) is 17.0 Å². The van der Waals surface area contributed by atoms with Crippen molar-refractivity contribution >= 4 is 35.3 Å². The Morgan fingerprint density at radius 3 is 2.26 bits per heavy atom.